The van der Waals surface area contributed by atoms with E-state index in [2.05, 4.69) is 10.6 Å². The van der Waals surface area contributed by atoms with Gasteiger partial charge in [-0.05, 0) is 29.8 Å². The Morgan fingerprint density at radius 2 is 1.75 bits per heavy atom. The summed E-state index contributed by atoms with van der Waals surface area (Å²) in [6, 6.07) is 7.40. The molecule has 0 aliphatic carbocycles. The quantitative estimate of drug-likeness (QED) is 0.845. The van der Waals surface area contributed by atoms with Crippen LogP contribution in [-0.4, -0.2) is 18.4 Å². The summed E-state index contributed by atoms with van der Waals surface area (Å²) < 4.78 is 26.2. The van der Waals surface area contributed by atoms with Crippen molar-refractivity contribution in [1.82, 2.24) is 10.6 Å². The van der Waals surface area contributed by atoms with Crippen molar-refractivity contribution in [3.8, 4) is 0 Å². The Bertz CT molecular complexity index is 785. The van der Waals surface area contributed by atoms with Crippen molar-refractivity contribution < 1.29 is 18.4 Å². The van der Waals surface area contributed by atoms with E-state index in [4.69, 9.17) is 23.2 Å². The lowest BCUT2D eigenvalue weighted by Gasteiger charge is -2.09. The summed E-state index contributed by atoms with van der Waals surface area (Å²) in [5.74, 6) is -3.09. The van der Waals surface area contributed by atoms with Gasteiger partial charge in [-0.3, -0.25) is 9.59 Å². The van der Waals surface area contributed by atoms with Gasteiger partial charge in [-0.15, -0.1) is 0 Å². The highest BCUT2D eigenvalue weighted by molar-refractivity contribution is 6.35. The Hall–Kier alpha value is -2.18. The summed E-state index contributed by atoms with van der Waals surface area (Å²) in [6.07, 6.45) is 0. The van der Waals surface area contributed by atoms with Crippen LogP contribution < -0.4 is 10.6 Å². The molecule has 126 valence electrons. The van der Waals surface area contributed by atoms with Crippen LogP contribution in [0.1, 0.15) is 15.9 Å². The minimum absolute atomic E-state index is 0.148. The Morgan fingerprint density at radius 3 is 2.42 bits per heavy atom. The standard InChI is InChI=1S/C16H12Cl2F2N2O2/c17-10-2-1-9(13(18)5-10)7-21-15(23)8-22-16(24)12-4-3-11(19)6-14(12)20/h1-6H,7-8H2,(H,21,23)(H,22,24). The summed E-state index contributed by atoms with van der Waals surface area (Å²) in [5, 5.41) is 5.68. The van der Waals surface area contributed by atoms with E-state index >= 15 is 0 Å². The van der Waals surface area contributed by atoms with Gasteiger partial charge in [-0.2, -0.15) is 0 Å². The second kappa shape index (κ2) is 8.08. The Labute approximate surface area is 146 Å². The lowest BCUT2D eigenvalue weighted by atomic mass is 10.2. The molecule has 0 unspecified atom stereocenters. The van der Waals surface area contributed by atoms with Gasteiger partial charge in [0.15, 0.2) is 0 Å². The summed E-state index contributed by atoms with van der Waals surface area (Å²) in [4.78, 5) is 23.5. The highest BCUT2D eigenvalue weighted by Crippen LogP contribution is 2.20. The third-order valence-electron chi connectivity index (χ3n) is 3.08. The number of amides is 2. The van der Waals surface area contributed by atoms with Crippen molar-refractivity contribution in [2.45, 2.75) is 6.54 Å². The van der Waals surface area contributed by atoms with Gasteiger partial charge >= 0.3 is 0 Å². The molecule has 0 bridgehead atoms. The molecule has 0 saturated carbocycles. The molecule has 0 heterocycles. The fraction of sp³-hybridized carbons (Fsp3) is 0.125. The smallest absolute Gasteiger partial charge is 0.254 e. The van der Waals surface area contributed by atoms with Crippen LogP contribution in [0.3, 0.4) is 0 Å². The van der Waals surface area contributed by atoms with Crippen LogP contribution in [0.15, 0.2) is 36.4 Å². The number of carbonyl (C=O) groups excluding carboxylic acids is 2. The molecule has 0 aromatic heterocycles. The molecule has 8 heteroatoms. The molecule has 0 radical (unpaired) electrons. The molecule has 0 saturated heterocycles. The highest BCUT2D eigenvalue weighted by Gasteiger charge is 2.13. The van der Waals surface area contributed by atoms with Crippen LogP contribution in [0.4, 0.5) is 8.78 Å². The van der Waals surface area contributed by atoms with Crippen LogP contribution in [0, 0.1) is 11.6 Å². The molecule has 0 fully saturated rings. The third kappa shape index (κ3) is 4.91. The maximum Gasteiger partial charge on any atom is 0.254 e. The summed E-state index contributed by atoms with van der Waals surface area (Å²) in [5.41, 5.74) is 0.315. The molecule has 2 aromatic carbocycles. The van der Waals surface area contributed by atoms with Gasteiger partial charge in [0.05, 0.1) is 12.1 Å². The van der Waals surface area contributed by atoms with E-state index in [-0.39, 0.29) is 18.7 Å². The zero-order valence-electron chi connectivity index (χ0n) is 12.2. The number of benzene rings is 2. The van der Waals surface area contributed by atoms with Crippen LogP contribution in [0.5, 0.6) is 0 Å². The molecule has 2 aromatic rings. The third-order valence-corrected chi connectivity index (χ3v) is 3.66. The Balaban J connectivity index is 1.85. The molecule has 0 aliphatic rings. The molecular formula is C16H12Cl2F2N2O2. The van der Waals surface area contributed by atoms with E-state index in [1.165, 1.54) is 0 Å². The highest BCUT2D eigenvalue weighted by atomic mass is 35.5. The molecule has 2 amide bonds. The minimum atomic E-state index is -0.999. The van der Waals surface area contributed by atoms with Gasteiger partial charge in [-0.25, -0.2) is 8.78 Å². The molecule has 0 atom stereocenters. The van der Waals surface area contributed by atoms with Gasteiger partial charge in [0.25, 0.3) is 5.91 Å². The van der Waals surface area contributed by atoms with Crippen molar-refractivity contribution in [1.29, 1.82) is 0 Å². The van der Waals surface area contributed by atoms with E-state index in [9.17, 15) is 18.4 Å². The largest absolute Gasteiger partial charge is 0.350 e. The minimum Gasteiger partial charge on any atom is -0.350 e. The predicted octanol–water partition coefficient (Wildman–Crippen LogP) is 3.32. The monoisotopic (exact) mass is 372 g/mol. The second-order valence-corrected chi connectivity index (χ2v) is 5.66. The molecule has 2 rings (SSSR count). The van der Waals surface area contributed by atoms with Crippen molar-refractivity contribution in [3.63, 3.8) is 0 Å². The molecular weight excluding hydrogens is 361 g/mol. The first kappa shape index (κ1) is 18.2. The van der Waals surface area contributed by atoms with E-state index < -0.39 is 23.4 Å². The SMILES string of the molecule is O=C(CNC(=O)c1ccc(F)cc1F)NCc1ccc(Cl)cc1Cl. The van der Waals surface area contributed by atoms with Gasteiger partial charge in [0, 0.05) is 22.7 Å². The molecule has 4 nitrogen and oxygen atoms in total. The number of rotatable bonds is 5. The first-order valence-electron chi connectivity index (χ1n) is 6.80. The number of halogens is 4. The first-order chi connectivity index (χ1) is 11.4. The van der Waals surface area contributed by atoms with Gasteiger partial charge in [-0.1, -0.05) is 29.3 Å². The predicted molar refractivity (Wildman–Crippen MR) is 87.0 cm³/mol. The molecule has 24 heavy (non-hydrogen) atoms. The van der Waals surface area contributed by atoms with Crippen LogP contribution in [0.2, 0.25) is 10.0 Å². The van der Waals surface area contributed by atoms with Gasteiger partial charge in [0.1, 0.15) is 11.6 Å². The van der Waals surface area contributed by atoms with Crippen LogP contribution >= 0.6 is 23.2 Å². The Morgan fingerprint density at radius 1 is 1.00 bits per heavy atom. The number of carbonyl (C=O) groups is 2. The van der Waals surface area contributed by atoms with Crippen molar-refractivity contribution >= 4 is 35.0 Å². The first-order valence-corrected chi connectivity index (χ1v) is 7.56. The zero-order valence-corrected chi connectivity index (χ0v) is 13.7. The lowest BCUT2D eigenvalue weighted by Crippen LogP contribution is -2.37. The summed E-state index contributed by atoms with van der Waals surface area (Å²) in [6.45, 7) is -0.212. The number of hydrogen-bond acceptors (Lipinski definition) is 2. The van der Waals surface area contributed by atoms with E-state index in [0.29, 0.717) is 21.7 Å². The maximum absolute atomic E-state index is 13.4. The molecule has 0 aliphatic heterocycles. The fourth-order valence-corrected chi connectivity index (χ4v) is 2.33. The summed E-state index contributed by atoms with van der Waals surface area (Å²) >= 11 is 11.7. The number of hydrogen-bond donors (Lipinski definition) is 2. The number of nitrogens with one attached hydrogen (secondary N) is 2. The van der Waals surface area contributed by atoms with Crippen LogP contribution in [0.25, 0.3) is 0 Å². The van der Waals surface area contributed by atoms with E-state index in [1.54, 1.807) is 18.2 Å². The topological polar surface area (TPSA) is 58.2 Å². The Kier molecular flexibility index (Phi) is 6.11. The zero-order chi connectivity index (χ0) is 17.7. The maximum atomic E-state index is 13.4. The lowest BCUT2D eigenvalue weighted by molar-refractivity contribution is -0.120. The van der Waals surface area contributed by atoms with E-state index in [1.807, 2.05) is 0 Å². The normalized spacial score (nSPS) is 10.3. The van der Waals surface area contributed by atoms with Gasteiger partial charge < -0.3 is 10.6 Å². The molecule has 2 N–H and O–H groups in total. The fourth-order valence-electron chi connectivity index (χ4n) is 1.85. The average Bonchev–Trinajstić information content (AvgIpc) is 2.51. The van der Waals surface area contributed by atoms with E-state index in [0.717, 1.165) is 12.1 Å². The van der Waals surface area contributed by atoms with Crippen molar-refractivity contribution in [3.05, 3.63) is 69.2 Å². The van der Waals surface area contributed by atoms with Gasteiger partial charge in [0.2, 0.25) is 5.91 Å². The average molecular weight is 373 g/mol. The second-order valence-electron chi connectivity index (χ2n) is 4.82. The summed E-state index contributed by atoms with van der Waals surface area (Å²) in [7, 11) is 0. The van der Waals surface area contributed by atoms with Crippen molar-refractivity contribution in [2.24, 2.45) is 0 Å². The van der Waals surface area contributed by atoms with Crippen LogP contribution in [-0.2, 0) is 11.3 Å². The molecule has 0 spiro atoms. The van der Waals surface area contributed by atoms with Crippen molar-refractivity contribution in [2.75, 3.05) is 6.54 Å².